The van der Waals surface area contributed by atoms with Crippen LogP contribution in [0.2, 0.25) is 0 Å². The Balaban J connectivity index is 2.97. The van der Waals surface area contributed by atoms with E-state index < -0.39 is 5.97 Å². The smallest absolute Gasteiger partial charge is 0.337 e. The highest BCUT2D eigenvalue weighted by molar-refractivity contribution is 6.04. The maximum absolute atomic E-state index is 12.0. The number of fused-ring (bicyclic) bond motifs is 1. The van der Waals surface area contributed by atoms with Crippen molar-refractivity contribution >= 4 is 16.7 Å². The van der Waals surface area contributed by atoms with Gasteiger partial charge in [0, 0.05) is 18.6 Å². The summed E-state index contributed by atoms with van der Waals surface area (Å²) in [5.41, 5.74) is -0.251. The Labute approximate surface area is 108 Å². The first kappa shape index (κ1) is 12.9. The number of aryl methyl sites for hydroxylation is 1. The lowest BCUT2D eigenvalue weighted by Crippen LogP contribution is -2.19. The van der Waals surface area contributed by atoms with Crippen molar-refractivity contribution < 1.29 is 19.4 Å². The number of hydrogen-bond acceptors (Lipinski definition) is 4. The highest BCUT2D eigenvalue weighted by atomic mass is 16.5. The van der Waals surface area contributed by atoms with E-state index in [1.165, 1.54) is 44.2 Å². The fraction of sp³-hybridized carbons (Fsp3) is 0.231. The zero-order valence-electron chi connectivity index (χ0n) is 10.8. The molecule has 2 aromatic rings. The lowest BCUT2D eigenvalue weighted by atomic mass is 10.1. The third-order valence-electron chi connectivity index (χ3n) is 2.92. The first-order valence-electron chi connectivity index (χ1n) is 5.48. The Morgan fingerprint density at radius 1 is 1.16 bits per heavy atom. The molecule has 0 spiro atoms. The minimum atomic E-state index is -1.10. The summed E-state index contributed by atoms with van der Waals surface area (Å²) >= 11 is 0. The second-order valence-electron chi connectivity index (χ2n) is 4.02. The topological polar surface area (TPSA) is 77.8 Å². The summed E-state index contributed by atoms with van der Waals surface area (Å²) in [6, 6.07) is 2.99. The van der Waals surface area contributed by atoms with Gasteiger partial charge in [0.1, 0.15) is 0 Å². The average Bonchev–Trinajstić information content (AvgIpc) is 2.41. The van der Waals surface area contributed by atoms with Gasteiger partial charge in [-0.15, -0.1) is 0 Å². The molecule has 0 radical (unpaired) electrons. The van der Waals surface area contributed by atoms with Crippen LogP contribution in [0, 0.1) is 0 Å². The lowest BCUT2D eigenvalue weighted by Gasteiger charge is -2.11. The van der Waals surface area contributed by atoms with Crippen molar-refractivity contribution in [3.63, 3.8) is 0 Å². The molecule has 1 N–H and O–H groups in total. The summed E-state index contributed by atoms with van der Waals surface area (Å²) in [5.74, 6) is -0.340. The van der Waals surface area contributed by atoms with Gasteiger partial charge in [-0.3, -0.25) is 4.79 Å². The number of carboxylic acids is 1. The molecule has 0 amide bonds. The minimum absolute atomic E-state index is 0.0399. The van der Waals surface area contributed by atoms with Crippen LogP contribution in [0.3, 0.4) is 0 Å². The molecule has 0 saturated heterocycles. The molecule has 0 unspecified atom stereocenters. The summed E-state index contributed by atoms with van der Waals surface area (Å²) < 4.78 is 11.5. The number of methoxy groups -OCH3 is 2. The van der Waals surface area contributed by atoms with E-state index in [0.717, 1.165) is 0 Å². The van der Waals surface area contributed by atoms with Crippen LogP contribution < -0.4 is 15.0 Å². The molecule has 1 aromatic carbocycles. The van der Waals surface area contributed by atoms with Crippen LogP contribution in [0.5, 0.6) is 11.5 Å². The van der Waals surface area contributed by atoms with Gasteiger partial charge in [-0.25, -0.2) is 4.79 Å². The summed E-state index contributed by atoms with van der Waals surface area (Å²) in [6.45, 7) is 0. The van der Waals surface area contributed by atoms with E-state index in [2.05, 4.69) is 0 Å². The van der Waals surface area contributed by atoms with Gasteiger partial charge in [0.2, 0.25) is 0 Å². The van der Waals surface area contributed by atoms with Gasteiger partial charge >= 0.3 is 5.97 Å². The predicted molar refractivity (Wildman–Crippen MR) is 69.3 cm³/mol. The van der Waals surface area contributed by atoms with Gasteiger partial charge in [-0.1, -0.05) is 0 Å². The maximum atomic E-state index is 12.0. The minimum Gasteiger partial charge on any atom is -0.493 e. The Morgan fingerprint density at radius 2 is 1.68 bits per heavy atom. The molecule has 1 heterocycles. The predicted octanol–water partition coefficient (Wildman–Crippen LogP) is 1.25. The SMILES string of the molecule is COc1cc2c(C(=O)O)cn(C)c(=O)c2cc1OC. The van der Waals surface area contributed by atoms with Gasteiger partial charge in [0.05, 0.1) is 25.2 Å². The fourth-order valence-electron chi connectivity index (χ4n) is 1.96. The molecular formula is C13H13NO5. The van der Waals surface area contributed by atoms with Crippen molar-refractivity contribution in [2.24, 2.45) is 7.05 Å². The molecule has 0 atom stereocenters. The molecule has 100 valence electrons. The van der Waals surface area contributed by atoms with Gasteiger partial charge in [0.15, 0.2) is 11.5 Å². The number of rotatable bonds is 3. The highest BCUT2D eigenvalue weighted by Gasteiger charge is 2.16. The molecule has 0 fully saturated rings. The van der Waals surface area contributed by atoms with Crippen LogP contribution in [-0.2, 0) is 7.05 Å². The van der Waals surface area contributed by atoms with Gasteiger partial charge in [-0.2, -0.15) is 0 Å². The van der Waals surface area contributed by atoms with Crippen LogP contribution in [0.25, 0.3) is 10.8 Å². The molecule has 0 aliphatic carbocycles. The number of pyridine rings is 1. The first-order chi connectivity index (χ1) is 8.99. The first-order valence-corrected chi connectivity index (χ1v) is 5.48. The molecule has 0 bridgehead atoms. The van der Waals surface area contributed by atoms with E-state index in [4.69, 9.17) is 9.47 Å². The molecule has 0 saturated carbocycles. The average molecular weight is 263 g/mol. The summed E-state index contributed by atoms with van der Waals surface area (Å²) in [6.07, 6.45) is 1.29. The van der Waals surface area contributed by atoms with Crippen LogP contribution in [-0.4, -0.2) is 29.9 Å². The number of ether oxygens (including phenoxy) is 2. The number of benzene rings is 1. The normalized spacial score (nSPS) is 10.5. The number of carbonyl (C=O) groups is 1. The summed E-state index contributed by atoms with van der Waals surface area (Å²) in [4.78, 5) is 23.3. The number of carboxylic acid groups (broad SMARTS) is 1. The van der Waals surface area contributed by atoms with Crippen molar-refractivity contribution in [1.29, 1.82) is 0 Å². The van der Waals surface area contributed by atoms with Crippen LogP contribution in [0.1, 0.15) is 10.4 Å². The van der Waals surface area contributed by atoms with E-state index in [-0.39, 0.29) is 16.5 Å². The number of nitrogens with zero attached hydrogens (tertiary/aromatic N) is 1. The van der Waals surface area contributed by atoms with Crippen molar-refractivity contribution in [2.45, 2.75) is 0 Å². The van der Waals surface area contributed by atoms with Gasteiger partial charge < -0.3 is 19.1 Å². The Bertz CT molecular complexity index is 717. The van der Waals surface area contributed by atoms with Gasteiger partial charge in [-0.05, 0) is 12.1 Å². The zero-order chi connectivity index (χ0) is 14.2. The number of aromatic nitrogens is 1. The van der Waals surface area contributed by atoms with E-state index in [0.29, 0.717) is 16.9 Å². The molecular weight excluding hydrogens is 250 g/mol. The number of aromatic carboxylic acids is 1. The van der Waals surface area contributed by atoms with Crippen molar-refractivity contribution in [3.05, 3.63) is 34.2 Å². The van der Waals surface area contributed by atoms with E-state index >= 15 is 0 Å². The Morgan fingerprint density at radius 3 is 2.16 bits per heavy atom. The Kier molecular flexibility index (Phi) is 3.16. The van der Waals surface area contributed by atoms with Crippen molar-refractivity contribution in [1.82, 2.24) is 4.57 Å². The quantitative estimate of drug-likeness (QED) is 0.901. The maximum Gasteiger partial charge on any atom is 0.337 e. The Hall–Kier alpha value is -2.50. The third-order valence-corrected chi connectivity index (χ3v) is 2.92. The monoisotopic (exact) mass is 263 g/mol. The van der Waals surface area contributed by atoms with Crippen LogP contribution in [0.15, 0.2) is 23.1 Å². The molecule has 6 nitrogen and oxygen atoms in total. The second-order valence-corrected chi connectivity index (χ2v) is 4.02. The van der Waals surface area contributed by atoms with E-state index in [1.54, 1.807) is 0 Å². The van der Waals surface area contributed by atoms with Gasteiger partial charge in [0.25, 0.3) is 5.56 Å². The largest absolute Gasteiger partial charge is 0.493 e. The molecule has 6 heteroatoms. The lowest BCUT2D eigenvalue weighted by molar-refractivity contribution is 0.0698. The molecule has 0 aliphatic heterocycles. The standard InChI is InChI=1S/C13H13NO5/c1-14-6-9(13(16)17)7-4-10(18-2)11(19-3)5-8(7)12(14)15/h4-6H,1-3H3,(H,16,17). The molecule has 19 heavy (non-hydrogen) atoms. The zero-order valence-corrected chi connectivity index (χ0v) is 10.8. The van der Waals surface area contributed by atoms with Crippen LogP contribution in [0.4, 0.5) is 0 Å². The van der Waals surface area contributed by atoms with E-state index in [9.17, 15) is 14.7 Å². The highest BCUT2D eigenvalue weighted by Crippen LogP contribution is 2.32. The summed E-state index contributed by atoms with van der Waals surface area (Å²) in [7, 11) is 4.41. The number of hydrogen-bond donors (Lipinski definition) is 1. The molecule has 0 aliphatic rings. The fourth-order valence-corrected chi connectivity index (χ4v) is 1.96. The molecule has 2 rings (SSSR count). The van der Waals surface area contributed by atoms with Crippen LogP contribution >= 0.6 is 0 Å². The second kappa shape index (κ2) is 4.64. The third kappa shape index (κ3) is 2.01. The van der Waals surface area contributed by atoms with Crippen molar-refractivity contribution in [3.8, 4) is 11.5 Å². The van der Waals surface area contributed by atoms with E-state index in [1.807, 2.05) is 0 Å². The van der Waals surface area contributed by atoms with Crippen molar-refractivity contribution in [2.75, 3.05) is 14.2 Å². The molecule has 1 aromatic heterocycles. The summed E-state index contributed by atoms with van der Waals surface area (Å²) in [5, 5.41) is 9.81.